The molecule has 0 atom stereocenters. The number of allylic oxidation sites excluding steroid dienone is 1. The van der Waals surface area contributed by atoms with E-state index in [-0.39, 0.29) is 6.09 Å². The first-order chi connectivity index (χ1) is 14.4. The molecular weight excluding hydrogens is 376 g/mol. The molecule has 0 saturated carbocycles. The van der Waals surface area contributed by atoms with E-state index in [1.54, 1.807) is 11.1 Å². The molecule has 6 nitrogen and oxygen atoms in total. The molecule has 6 heteroatoms. The standard InChI is InChI=1S/C24H30N4O2/c1-16(2)9-10-26-13-21(12-25)22-8-5-17(3)27-23(22)18-6-7-19-14-28(24(29)30-4)15-20(19)11-18/h5-8,11-13,16H,9-10,14-15,25H2,1-4H3. The lowest BCUT2D eigenvalue weighted by atomic mass is 9.97. The molecule has 30 heavy (non-hydrogen) atoms. The highest BCUT2D eigenvalue weighted by Gasteiger charge is 2.24. The number of amides is 1. The van der Waals surface area contributed by atoms with E-state index in [1.807, 2.05) is 25.3 Å². The lowest BCUT2D eigenvalue weighted by Crippen LogP contribution is -2.24. The van der Waals surface area contributed by atoms with E-state index in [0.29, 0.717) is 19.0 Å². The van der Waals surface area contributed by atoms with Gasteiger partial charge in [-0.1, -0.05) is 32.0 Å². The predicted octanol–water partition coefficient (Wildman–Crippen LogP) is 4.56. The summed E-state index contributed by atoms with van der Waals surface area (Å²) >= 11 is 0. The minimum atomic E-state index is -0.312. The van der Waals surface area contributed by atoms with Crippen LogP contribution < -0.4 is 5.73 Å². The van der Waals surface area contributed by atoms with Crippen molar-refractivity contribution in [2.24, 2.45) is 16.6 Å². The van der Waals surface area contributed by atoms with Gasteiger partial charge in [0, 0.05) is 54.4 Å². The summed E-state index contributed by atoms with van der Waals surface area (Å²) in [6.07, 6.45) is 4.15. The van der Waals surface area contributed by atoms with Gasteiger partial charge in [0.05, 0.1) is 12.8 Å². The number of hydrogen-bond donors (Lipinski definition) is 1. The van der Waals surface area contributed by atoms with Gasteiger partial charge in [0.25, 0.3) is 0 Å². The first-order valence-electron chi connectivity index (χ1n) is 10.3. The number of hydrogen-bond acceptors (Lipinski definition) is 5. The quantitative estimate of drug-likeness (QED) is 0.713. The first-order valence-corrected chi connectivity index (χ1v) is 10.3. The molecule has 0 bridgehead atoms. The Labute approximate surface area is 178 Å². The van der Waals surface area contributed by atoms with Crippen molar-refractivity contribution < 1.29 is 9.53 Å². The summed E-state index contributed by atoms with van der Waals surface area (Å²) in [4.78, 5) is 22.9. The molecule has 0 aliphatic carbocycles. The number of carbonyl (C=O) groups is 1. The molecule has 0 radical (unpaired) electrons. The van der Waals surface area contributed by atoms with Crippen LogP contribution in [0, 0.1) is 12.8 Å². The van der Waals surface area contributed by atoms with Crippen molar-refractivity contribution in [3.63, 3.8) is 0 Å². The Hall–Kier alpha value is -3.15. The van der Waals surface area contributed by atoms with Crippen molar-refractivity contribution in [2.45, 2.75) is 40.3 Å². The van der Waals surface area contributed by atoms with Crippen molar-refractivity contribution in [1.82, 2.24) is 9.88 Å². The van der Waals surface area contributed by atoms with E-state index in [9.17, 15) is 4.79 Å². The fourth-order valence-corrected chi connectivity index (χ4v) is 3.51. The Bertz CT molecular complexity index is 979. The molecule has 2 heterocycles. The van der Waals surface area contributed by atoms with Crippen molar-refractivity contribution in [3.8, 4) is 11.3 Å². The highest BCUT2D eigenvalue weighted by Crippen LogP contribution is 2.31. The van der Waals surface area contributed by atoms with Gasteiger partial charge in [0.1, 0.15) is 0 Å². The molecule has 1 aromatic heterocycles. The number of ether oxygens (including phenoxy) is 1. The van der Waals surface area contributed by atoms with Gasteiger partial charge in [-0.3, -0.25) is 14.9 Å². The molecule has 1 aromatic carbocycles. The Balaban J connectivity index is 1.92. The highest BCUT2D eigenvalue weighted by atomic mass is 16.5. The number of fused-ring (bicyclic) bond motifs is 1. The maximum absolute atomic E-state index is 11.9. The van der Waals surface area contributed by atoms with Crippen molar-refractivity contribution in [3.05, 3.63) is 58.9 Å². The summed E-state index contributed by atoms with van der Waals surface area (Å²) in [6.45, 7) is 8.22. The molecule has 1 aliphatic heterocycles. The average Bonchev–Trinajstić information content (AvgIpc) is 3.17. The van der Waals surface area contributed by atoms with Gasteiger partial charge in [0.2, 0.25) is 0 Å². The second-order valence-corrected chi connectivity index (χ2v) is 8.00. The van der Waals surface area contributed by atoms with Crippen LogP contribution >= 0.6 is 0 Å². The SMILES string of the molecule is COC(=O)N1Cc2ccc(-c3nc(C)ccc3C(C=NCCC(C)C)=CN)cc2C1. The smallest absolute Gasteiger partial charge is 0.410 e. The van der Waals surface area contributed by atoms with E-state index in [0.717, 1.165) is 52.2 Å². The number of aryl methyl sites for hydroxylation is 1. The molecule has 0 saturated heterocycles. The fraction of sp³-hybridized carbons (Fsp3) is 0.375. The van der Waals surface area contributed by atoms with Gasteiger partial charge >= 0.3 is 6.09 Å². The lowest BCUT2D eigenvalue weighted by Gasteiger charge is -2.12. The van der Waals surface area contributed by atoms with Crippen LogP contribution in [-0.2, 0) is 17.8 Å². The Morgan fingerprint density at radius 2 is 2.03 bits per heavy atom. The summed E-state index contributed by atoms with van der Waals surface area (Å²) in [5.74, 6) is 0.611. The Morgan fingerprint density at radius 1 is 1.27 bits per heavy atom. The van der Waals surface area contributed by atoms with Gasteiger partial charge in [0.15, 0.2) is 0 Å². The summed E-state index contributed by atoms with van der Waals surface area (Å²) in [6, 6.07) is 10.2. The third-order valence-electron chi connectivity index (χ3n) is 5.23. The average molecular weight is 407 g/mol. The Kier molecular flexibility index (Phi) is 6.87. The molecule has 0 unspecified atom stereocenters. The van der Waals surface area contributed by atoms with E-state index >= 15 is 0 Å². The molecular formula is C24H30N4O2. The molecule has 1 aliphatic rings. The molecule has 158 valence electrons. The lowest BCUT2D eigenvalue weighted by molar-refractivity contribution is 0.123. The van der Waals surface area contributed by atoms with Gasteiger partial charge in [-0.15, -0.1) is 0 Å². The maximum Gasteiger partial charge on any atom is 0.410 e. The number of aliphatic imine (C=N–C) groups is 1. The van der Waals surface area contributed by atoms with Gasteiger partial charge < -0.3 is 10.5 Å². The number of aromatic nitrogens is 1. The van der Waals surface area contributed by atoms with Crippen LogP contribution in [0.5, 0.6) is 0 Å². The third-order valence-corrected chi connectivity index (χ3v) is 5.23. The van der Waals surface area contributed by atoms with Crippen molar-refractivity contribution in [2.75, 3.05) is 13.7 Å². The van der Waals surface area contributed by atoms with Crippen LogP contribution in [0.25, 0.3) is 16.8 Å². The molecule has 3 rings (SSSR count). The minimum absolute atomic E-state index is 0.312. The van der Waals surface area contributed by atoms with Gasteiger partial charge in [-0.05, 0) is 42.5 Å². The number of rotatable bonds is 6. The molecule has 1 amide bonds. The summed E-state index contributed by atoms with van der Waals surface area (Å²) in [5.41, 5.74) is 12.8. The predicted molar refractivity (Wildman–Crippen MR) is 121 cm³/mol. The minimum Gasteiger partial charge on any atom is -0.453 e. The van der Waals surface area contributed by atoms with Crippen LogP contribution in [0.4, 0.5) is 4.79 Å². The number of carbonyl (C=O) groups excluding carboxylic acids is 1. The van der Waals surface area contributed by atoms with Crippen molar-refractivity contribution >= 4 is 17.9 Å². The van der Waals surface area contributed by atoms with Crippen molar-refractivity contribution in [1.29, 1.82) is 0 Å². The fourth-order valence-electron chi connectivity index (χ4n) is 3.51. The zero-order chi connectivity index (χ0) is 21.7. The van der Waals surface area contributed by atoms with Crippen LogP contribution in [0.3, 0.4) is 0 Å². The molecule has 2 aromatic rings. The maximum atomic E-state index is 11.9. The number of nitrogens with zero attached hydrogens (tertiary/aromatic N) is 3. The number of benzene rings is 1. The van der Waals surface area contributed by atoms with E-state index in [2.05, 4.69) is 37.0 Å². The monoisotopic (exact) mass is 406 g/mol. The van der Waals surface area contributed by atoms with E-state index in [1.165, 1.54) is 7.11 Å². The second-order valence-electron chi connectivity index (χ2n) is 8.00. The number of nitrogens with two attached hydrogens (primary N) is 1. The largest absolute Gasteiger partial charge is 0.453 e. The van der Waals surface area contributed by atoms with Crippen LogP contribution in [-0.4, -0.2) is 35.8 Å². The van der Waals surface area contributed by atoms with Crippen LogP contribution in [0.1, 0.15) is 42.7 Å². The highest BCUT2D eigenvalue weighted by molar-refractivity contribution is 6.11. The first kappa shape index (κ1) is 21.6. The number of pyridine rings is 1. The molecule has 2 N–H and O–H groups in total. The zero-order valence-corrected chi connectivity index (χ0v) is 18.2. The summed E-state index contributed by atoms with van der Waals surface area (Å²) in [5, 5.41) is 0. The Morgan fingerprint density at radius 3 is 2.73 bits per heavy atom. The second kappa shape index (κ2) is 9.57. The topological polar surface area (TPSA) is 80.8 Å². The van der Waals surface area contributed by atoms with E-state index < -0.39 is 0 Å². The normalized spacial score (nSPS) is 13.9. The van der Waals surface area contributed by atoms with E-state index in [4.69, 9.17) is 15.5 Å². The number of methoxy groups -OCH3 is 1. The van der Waals surface area contributed by atoms with Gasteiger partial charge in [-0.2, -0.15) is 0 Å². The zero-order valence-electron chi connectivity index (χ0n) is 18.2. The van der Waals surface area contributed by atoms with Crippen LogP contribution in [0.15, 0.2) is 41.5 Å². The van der Waals surface area contributed by atoms with Crippen LogP contribution in [0.2, 0.25) is 0 Å². The summed E-state index contributed by atoms with van der Waals surface area (Å²) < 4.78 is 4.86. The van der Waals surface area contributed by atoms with Gasteiger partial charge in [-0.25, -0.2) is 4.79 Å². The third kappa shape index (κ3) is 4.87. The molecule has 0 fully saturated rings. The summed E-state index contributed by atoms with van der Waals surface area (Å²) in [7, 11) is 1.41. The molecule has 0 spiro atoms.